The Kier molecular flexibility index (Phi) is 19.3. The van der Waals surface area contributed by atoms with Crippen LogP contribution in [-0.2, 0) is 96.7 Å². The first-order valence-electron chi connectivity index (χ1n) is 35.0. The average Bonchev–Trinajstić information content (AvgIpc) is 0.779. The molecule has 6 nitrogen and oxygen atoms in total. The molecule has 0 saturated heterocycles. The molecule has 96 heavy (non-hydrogen) atoms. The Morgan fingerprint density at radius 2 is 0.396 bits per heavy atom. The lowest BCUT2D eigenvalue weighted by atomic mass is 9.76. The zero-order valence-corrected chi connectivity index (χ0v) is 60.9. The second kappa shape index (κ2) is 26.8. The number of pyridine rings is 4. The molecule has 0 aliphatic heterocycles. The van der Waals surface area contributed by atoms with Gasteiger partial charge in [0.05, 0.1) is 0 Å². The maximum absolute atomic E-state index is 13.5. The van der Waals surface area contributed by atoms with Crippen LogP contribution in [0.5, 0.6) is 11.5 Å². The van der Waals surface area contributed by atoms with E-state index in [1.54, 1.807) is 0 Å². The van der Waals surface area contributed by atoms with Crippen LogP contribution in [-0.4, -0.2) is 30.1 Å². The van der Waals surface area contributed by atoms with E-state index in [1.807, 2.05) is 49.1 Å². The minimum atomic E-state index is -0.241. The molecule has 2 N–H and O–H groups in total. The van der Waals surface area contributed by atoms with Crippen molar-refractivity contribution in [2.75, 3.05) is 0 Å². The van der Waals surface area contributed by atoms with Gasteiger partial charge in [-0.2, -0.15) is 0 Å². The van der Waals surface area contributed by atoms with E-state index in [0.29, 0.717) is 75.7 Å². The Morgan fingerprint density at radius 3 is 0.542 bits per heavy atom. The number of hydrogen-bond donors (Lipinski definition) is 2. The highest BCUT2D eigenvalue weighted by atomic mass is 16.3. The third kappa shape index (κ3) is 16.0. The van der Waals surface area contributed by atoms with Crippen molar-refractivity contribution >= 4 is 0 Å². The van der Waals surface area contributed by atoms with Gasteiger partial charge in [0.1, 0.15) is 11.5 Å². The van der Waals surface area contributed by atoms with Gasteiger partial charge >= 0.3 is 0 Å². The summed E-state index contributed by atoms with van der Waals surface area (Å²) in [6.07, 6.45) is 13.5. The molecule has 0 amide bonds. The molecule has 0 fully saturated rings. The van der Waals surface area contributed by atoms with Gasteiger partial charge in [0, 0.05) is 98.9 Å². The molecule has 1 aliphatic carbocycles. The summed E-state index contributed by atoms with van der Waals surface area (Å²) < 4.78 is 0. The lowest BCUT2D eigenvalue weighted by Gasteiger charge is -2.29. The van der Waals surface area contributed by atoms with Crippen molar-refractivity contribution in [3.05, 3.63) is 316 Å². The Hall–Kier alpha value is -8.48. The molecule has 0 saturated carbocycles. The summed E-state index contributed by atoms with van der Waals surface area (Å²) >= 11 is 0. The van der Waals surface area contributed by atoms with Crippen LogP contribution < -0.4 is 0 Å². The van der Waals surface area contributed by atoms with E-state index in [9.17, 15) is 10.2 Å². The summed E-state index contributed by atoms with van der Waals surface area (Å²) in [6.45, 7) is 41.7. The molecule has 4 heterocycles. The molecule has 496 valence electrons. The van der Waals surface area contributed by atoms with Gasteiger partial charge in [0.2, 0.25) is 0 Å². The predicted octanol–water partition coefficient (Wildman–Crippen LogP) is 20.7. The van der Waals surface area contributed by atoms with E-state index < -0.39 is 0 Å². The van der Waals surface area contributed by atoms with Crippen LogP contribution in [0.15, 0.2) is 170 Å². The van der Waals surface area contributed by atoms with Crippen LogP contribution >= 0.6 is 0 Å². The fraction of sp³-hybridized carbons (Fsp3) is 0.378. The minimum Gasteiger partial charge on any atom is -0.507 e. The Morgan fingerprint density at radius 1 is 0.240 bits per heavy atom. The highest BCUT2D eigenvalue weighted by molar-refractivity contribution is 5.59. The predicted molar refractivity (Wildman–Crippen MR) is 399 cm³/mol. The van der Waals surface area contributed by atoms with Crippen molar-refractivity contribution < 1.29 is 10.2 Å². The standard InChI is InChI=1S/C90H104N4O2/c1-85(2,3)69-41-57-35-58-42-70(86(4,5)6)46-62(80(58)54-76-28-20-24-32-92-76)38-67-51-74(90(16,17)18)52-68(84(67)96)40-64-48-72(88(10,11)12)44-60(82(64)56-78-30-22-26-34-94-78)36-59-43-71(87(7,8)9)47-63(81(59)55-77-29-21-25-33-93-77)39-66-50-73(89(13,14)15)49-65(83(66)95)37-61(45-69)79(57)53-75-27-19-23-31-91-75/h19-34,41-52,95-96H,35-40,53-56H2,1-18H3. The Balaban J connectivity index is 1.28. The smallest absolute Gasteiger partial charge is 0.122 e. The zero-order chi connectivity index (χ0) is 68.9. The maximum atomic E-state index is 13.5. The quantitative estimate of drug-likeness (QED) is 0.157. The minimum absolute atomic E-state index is 0.216. The molecule has 0 radical (unpaired) electrons. The van der Waals surface area contributed by atoms with Gasteiger partial charge in [0.25, 0.3) is 0 Å². The van der Waals surface area contributed by atoms with Crippen LogP contribution in [0.3, 0.4) is 0 Å². The third-order valence-electron chi connectivity index (χ3n) is 20.1. The van der Waals surface area contributed by atoms with Gasteiger partial charge in [0.15, 0.2) is 0 Å². The van der Waals surface area contributed by atoms with E-state index in [1.165, 1.54) is 100 Å². The topological polar surface area (TPSA) is 92.0 Å². The Labute approximate surface area is 575 Å². The van der Waals surface area contributed by atoms with Crippen molar-refractivity contribution in [1.29, 1.82) is 0 Å². The number of benzene rings is 6. The highest BCUT2D eigenvalue weighted by Crippen LogP contribution is 2.43. The summed E-state index contributed by atoms with van der Waals surface area (Å²) in [6, 6.07) is 53.9. The fourth-order valence-electron chi connectivity index (χ4n) is 14.0. The molecule has 11 rings (SSSR count). The molecule has 12 bridgehead atoms. The molecule has 0 atom stereocenters. The highest BCUT2D eigenvalue weighted by Gasteiger charge is 2.31. The second-order valence-corrected chi connectivity index (χ2v) is 33.9. The lowest BCUT2D eigenvalue weighted by molar-refractivity contribution is 0.461. The third-order valence-corrected chi connectivity index (χ3v) is 20.1. The molecule has 10 aromatic rings. The van der Waals surface area contributed by atoms with Crippen molar-refractivity contribution in [2.45, 2.75) is 221 Å². The molecule has 6 aromatic carbocycles. The number of fused-ring (bicyclic) bond motifs is 12. The SMILES string of the molecule is CC(C)(C)c1cc2c(O)c(c1)Cc1cc(C(C)(C)C)cc(c1Cc1ccccn1)Cc1cc(C(C)(C)C)cc(c1Cc1ccccn1)Cc1cc(C(C)(C)C)cc(c1O)Cc1cc(C(C)(C)C)cc(c1Cc1ccccn1)Cc1cc(C(C)(C)C)cc(c1Cc1ccccn1)C2. The van der Waals surface area contributed by atoms with Crippen LogP contribution in [0.2, 0.25) is 0 Å². The number of phenolic OH excluding ortho intramolecular Hbond substituents is 2. The van der Waals surface area contributed by atoms with Crippen LogP contribution in [0.4, 0.5) is 0 Å². The first kappa shape index (κ1) is 68.9. The van der Waals surface area contributed by atoms with E-state index in [2.05, 4.69) is 246 Å². The largest absolute Gasteiger partial charge is 0.507 e. The van der Waals surface area contributed by atoms with Gasteiger partial charge in [-0.3, -0.25) is 19.9 Å². The lowest BCUT2D eigenvalue weighted by Crippen LogP contribution is -2.18. The number of phenols is 2. The molecule has 1 aliphatic rings. The zero-order valence-electron chi connectivity index (χ0n) is 60.9. The molecular weight excluding hydrogens is 1170 g/mol. The molecule has 6 heteroatoms. The summed E-state index contributed by atoms with van der Waals surface area (Å²) in [4.78, 5) is 20.2. The average molecular weight is 1270 g/mol. The second-order valence-electron chi connectivity index (χ2n) is 33.9. The maximum Gasteiger partial charge on any atom is 0.122 e. The number of aromatic nitrogens is 4. The summed E-state index contributed by atoms with van der Waals surface area (Å²) in [5, 5.41) is 27.0. The van der Waals surface area contributed by atoms with Crippen molar-refractivity contribution in [3.63, 3.8) is 0 Å². The van der Waals surface area contributed by atoms with Gasteiger partial charge < -0.3 is 10.2 Å². The first-order valence-corrected chi connectivity index (χ1v) is 35.0. The van der Waals surface area contributed by atoms with E-state index in [4.69, 9.17) is 19.9 Å². The monoisotopic (exact) mass is 1270 g/mol. The number of hydrogen-bond acceptors (Lipinski definition) is 6. The van der Waals surface area contributed by atoms with Crippen molar-refractivity contribution in [3.8, 4) is 11.5 Å². The van der Waals surface area contributed by atoms with Gasteiger partial charge in [-0.1, -0.05) is 222 Å². The number of aromatic hydroxyl groups is 2. The van der Waals surface area contributed by atoms with Crippen LogP contribution in [0, 0.1) is 0 Å². The van der Waals surface area contributed by atoms with Crippen molar-refractivity contribution in [1.82, 2.24) is 19.9 Å². The van der Waals surface area contributed by atoms with Gasteiger partial charge in [-0.05, 0) is 216 Å². The molecule has 0 spiro atoms. The van der Waals surface area contributed by atoms with Gasteiger partial charge in [-0.15, -0.1) is 0 Å². The fourth-order valence-corrected chi connectivity index (χ4v) is 14.0. The van der Waals surface area contributed by atoms with E-state index >= 15 is 0 Å². The summed E-state index contributed by atoms with van der Waals surface area (Å²) in [5.41, 5.74) is 28.3. The normalized spacial score (nSPS) is 13.5. The summed E-state index contributed by atoms with van der Waals surface area (Å²) in [5.74, 6) is 0.689. The summed E-state index contributed by atoms with van der Waals surface area (Å²) in [7, 11) is 0. The van der Waals surface area contributed by atoms with E-state index in [-0.39, 0.29) is 32.5 Å². The van der Waals surface area contributed by atoms with Crippen LogP contribution in [0.25, 0.3) is 0 Å². The Bertz CT molecular complexity index is 3890. The van der Waals surface area contributed by atoms with Crippen molar-refractivity contribution in [2.24, 2.45) is 0 Å². The van der Waals surface area contributed by atoms with Gasteiger partial charge in [-0.25, -0.2) is 0 Å². The van der Waals surface area contributed by atoms with Crippen LogP contribution in [0.1, 0.15) is 270 Å². The first-order chi connectivity index (χ1) is 45.1. The molecule has 0 unspecified atom stereocenters. The molecular formula is C90H104N4O2. The number of rotatable bonds is 8. The number of nitrogens with zero attached hydrogens (tertiary/aromatic N) is 4. The van der Waals surface area contributed by atoms with E-state index in [0.717, 1.165) is 45.0 Å². The molecule has 4 aromatic heterocycles.